The van der Waals surface area contributed by atoms with Gasteiger partial charge in [0.25, 0.3) is 0 Å². The average molecular weight is 322 g/mol. The number of thiocarbonyl (C=S) groups is 1. The fourth-order valence-corrected chi connectivity index (χ4v) is 2.18. The molecule has 1 amide bonds. The molecule has 0 spiro atoms. The van der Waals surface area contributed by atoms with E-state index in [1.54, 1.807) is 0 Å². The van der Waals surface area contributed by atoms with Crippen molar-refractivity contribution in [2.45, 2.75) is 59.0 Å². The molecule has 0 aliphatic carbocycles. The zero-order valence-electron chi connectivity index (χ0n) is 13.6. The SMILES string of the molecule is CCCCCCC(=O)NC(=S)Nc1ccc(OC(C)C)cc1. The van der Waals surface area contributed by atoms with Crippen LogP contribution >= 0.6 is 12.2 Å². The van der Waals surface area contributed by atoms with Crippen LogP contribution in [0.1, 0.15) is 52.9 Å². The zero-order valence-corrected chi connectivity index (χ0v) is 14.5. The van der Waals surface area contributed by atoms with Gasteiger partial charge in [0, 0.05) is 12.1 Å². The number of hydrogen-bond acceptors (Lipinski definition) is 3. The quantitative estimate of drug-likeness (QED) is 0.555. The summed E-state index contributed by atoms with van der Waals surface area (Å²) in [7, 11) is 0. The van der Waals surface area contributed by atoms with Crippen LogP contribution in [0.15, 0.2) is 24.3 Å². The number of carbonyl (C=O) groups excluding carboxylic acids is 1. The molecule has 0 saturated heterocycles. The number of unbranched alkanes of at least 4 members (excludes halogenated alkanes) is 3. The lowest BCUT2D eigenvalue weighted by Gasteiger charge is -2.12. The van der Waals surface area contributed by atoms with Gasteiger partial charge in [-0.25, -0.2) is 0 Å². The zero-order chi connectivity index (χ0) is 16.4. The maximum absolute atomic E-state index is 11.7. The van der Waals surface area contributed by atoms with Crippen LogP contribution in [0.4, 0.5) is 5.69 Å². The molecule has 0 saturated carbocycles. The number of anilines is 1. The van der Waals surface area contributed by atoms with Crippen molar-refractivity contribution in [3.05, 3.63) is 24.3 Å². The molecule has 122 valence electrons. The third-order valence-electron chi connectivity index (χ3n) is 2.99. The molecule has 0 aliphatic heterocycles. The van der Waals surface area contributed by atoms with Crippen LogP contribution in [0, 0.1) is 0 Å². The summed E-state index contributed by atoms with van der Waals surface area (Å²) in [5.41, 5.74) is 0.826. The fourth-order valence-electron chi connectivity index (χ4n) is 1.95. The highest BCUT2D eigenvalue weighted by Crippen LogP contribution is 2.16. The van der Waals surface area contributed by atoms with Gasteiger partial charge in [-0.3, -0.25) is 4.79 Å². The van der Waals surface area contributed by atoms with Crippen LogP contribution in [-0.4, -0.2) is 17.1 Å². The number of hydrogen-bond donors (Lipinski definition) is 2. The highest BCUT2D eigenvalue weighted by atomic mass is 32.1. The van der Waals surface area contributed by atoms with Gasteiger partial charge < -0.3 is 15.4 Å². The van der Waals surface area contributed by atoms with Gasteiger partial charge in [0.15, 0.2) is 5.11 Å². The Kier molecular flexibility index (Phi) is 8.51. The summed E-state index contributed by atoms with van der Waals surface area (Å²) in [5, 5.41) is 6.03. The topological polar surface area (TPSA) is 50.4 Å². The lowest BCUT2D eigenvalue weighted by molar-refractivity contribution is -0.119. The predicted molar refractivity (Wildman–Crippen MR) is 95.3 cm³/mol. The number of benzene rings is 1. The van der Waals surface area contributed by atoms with Gasteiger partial charge in [-0.1, -0.05) is 26.2 Å². The fraction of sp³-hybridized carbons (Fsp3) is 0.529. The van der Waals surface area contributed by atoms with Crippen LogP contribution < -0.4 is 15.4 Å². The van der Waals surface area contributed by atoms with Crippen molar-refractivity contribution in [1.82, 2.24) is 5.32 Å². The molecule has 0 aromatic heterocycles. The second-order valence-corrected chi connectivity index (χ2v) is 5.91. The number of amides is 1. The highest BCUT2D eigenvalue weighted by Gasteiger charge is 2.05. The van der Waals surface area contributed by atoms with Gasteiger partial charge in [-0.2, -0.15) is 0 Å². The Labute approximate surface area is 138 Å². The largest absolute Gasteiger partial charge is 0.491 e. The van der Waals surface area contributed by atoms with Crippen molar-refractivity contribution in [1.29, 1.82) is 0 Å². The van der Waals surface area contributed by atoms with Gasteiger partial charge in [0.1, 0.15) is 5.75 Å². The van der Waals surface area contributed by atoms with E-state index in [9.17, 15) is 4.79 Å². The van der Waals surface area contributed by atoms with Crippen molar-refractivity contribution < 1.29 is 9.53 Å². The summed E-state index contributed by atoms with van der Waals surface area (Å²) in [6, 6.07) is 7.49. The lowest BCUT2D eigenvalue weighted by atomic mass is 10.1. The molecule has 4 nitrogen and oxygen atoms in total. The van der Waals surface area contributed by atoms with Crippen LogP contribution in [-0.2, 0) is 4.79 Å². The van der Waals surface area contributed by atoms with E-state index in [0.717, 1.165) is 30.7 Å². The van der Waals surface area contributed by atoms with E-state index in [2.05, 4.69) is 17.6 Å². The first-order chi connectivity index (χ1) is 10.5. The molecule has 0 fully saturated rings. The maximum atomic E-state index is 11.7. The number of carbonyl (C=O) groups is 1. The van der Waals surface area contributed by atoms with E-state index in [0.29, 0.717) is 11.5 Å². The minimum Gasteiger partial charge on any atom is -0.491 e. The van der Waals surface area contributed by atoms with Crippen LogP contribution in [0.25, 0.3) is 0 Å². The summed E-state index contributed by atoms with van der Waals surface area (Å²) in [4.78, 5) is 11.7. The van der Waals surface area contributed by atoms with Crippen molar-refractivity contribution in [2.75, 3.05) is 5.32 Å². The highest BCUT2D eigenvalue weighted by molar-refractivity contribution is 7.80. The Bertz CT molecular complexity index is 472. The van der Waals surface area contributed by atoms with Gasteiger partial charge in [0.2, 0.25) is 5.91 Å². The predicted octanol–water partition coefficient (Wildman–Crippen LogP) is 4.26. The summed E-state index contributed by atoms with van der Waals surface area (Å²) < 4.78 is 5.57. The second-order valence-electron chi connectivity index (χ2n) is 5.50. The van der Waals surface area contributed by atoms with Crippen molar-refractivity contribution in [3.63, 3.8) is 0 Å². The van der Waals surface area contributed by atoms with Crippen molar-refractivity contribution in [3.8, 4) is 5.75 Å². The lowest BCUT2D eigenvalue weighted by Crippen LogP contribution is -2.33. The molecule has 1 aromatic carbocycles. The Morgan fingerprint density at radius 1 is 1.18 bits per heavy atom. The minimum atomic E-state index is -0.0339. The normalized spacial score (nSPS) is 10.4. The first-order valence-corrected chi connectivity index (χ1v) is 8.29. The Hall–Kier alpha value is -1.62. The first kappa shape index (κ1) is 18.4. The average Bonchev–Trinajstić information content (AvgIpc) is 2.45. The molecule has 0 aliphatic rings. The van der Waals surface area contributed by atoms with Gasteiger partial charge in [-0.05, 0) is 56.8 Å². The molecule has 2 N–H and O–H groups in total. The second kappa shape index (κ2) is 10.2. The number of nitrogens with one attached hydrogen (secondary N) is 2. The molecule has 0 bridgehead atoms. The third-order valence-corrected chi connectivity index (χ3v) is 3.20. The number of rotatable bonds is 8. The van der Waals surface area contributed by atoms with E-state index in [1.807, 2.05) is 38.1 Å². The summed E-state index contributed by atoms with van der Waals surface area (Å²) in [6.45, 7) is 6.12. The minimum absolute atomic E-state index is 0.0339. The Balaban J connectivity index is 2.33. The first-order valence-electron chi connectivity index (χ1n) is 7.88. The van der Waals surface area contributed by atoms with Crippen LogP contribution in [0.5, 0.6) is 5.75 Å². The smallest absolute Gasteiger partial charge is 0.226 e. The summed E-state index contributed by atoms with van der Waals surface area (Å²) in [6.07, 6.45) is 4.99. The van der Waals surface area contributed by atoms with Crippen LogP contribution in [0.3, 0.4) is 0 Å². The molecule has 0 radical (unpaired) electrons. The standard InChI is InChI=1S/C17H26N2O2S/c1-4-5-6-7-8-16(20)19-17(22)18-14-9-11-15(12-10-14)21-13(2)3/h9-13H,4-8H2,1-3H3,(H2,18,19,20,22). The van der Waals surface area contributed by atoms with Crippen LogP contribution in [0.2, 0.25) is 0 Å². The molecule has 5 heteroatoms. The van der Waals surface area contributed by atoms with E-state index in [-0.39, 0.29) is 12.0 Å². The molecular weight excluding hydrogens is 296 g/mol. The van der Waals surface area contributed by atoms with E-state index in [1.165, 1.54) is 6.42 Å². The van der Waals surface area contributed by atoms with Crippen molar-refractivity contribution in [2.24, 2.45) is 0 Å². The van der Waals surface area contributed by atoms with E-state index < -0.39 is 0 Å². The molecular formula is C17H26N2O2S. The molecule has 0 unspecified atom stereocenters. The number of ether oxygens (including phenoxy) is 1. The van der Waals surface area contributed by atoms with E-state index in [4.69, 9.17) is 17.0 Å². The maximum Gasteiger partial charge on any atom is 0.226 e. The molecule has 22 heavy (non-hydrogen) atoms. The molecule has 1 rings (SSSR count). The summed E-state index contributed by atoms with van der Waals surface area (Å²) >= 11 is 5.14. The Morgan fingerprint density at radius 2 is 1.86 bits per heavy atom. The van der Waals surface area contributed by atoms with Crippen molar-refractivity contribution >= 4 is 28.9 Å². The molecule has 1 aromatic rings. The van der Waals surface area contributed by atoms with Gasteiger partial charge >= 0.3 is 0 Å². The Morgan fingerprint density at radius 3 is 2.45 bits per heavy atom. The third kappa shape index (κ3) is 7.98. The molecule has 0 heterocycles. The summed E-state index contributed by atoms with van der Waals surface area (Å²) in [5.74, 6) is 0.778. The monoisotopic (exact) mass is 322 g/mol. The van der Waals surface area contributed by atoms with Gasteiger partial charge in [0.05, 0.1) is 6.10 Å². The molecule has 0 atom stereocenters. The van der Waals surface area contributed by atoms with E-state index >= 15 is 0 Å². The van der Waals surface area contributed by atoms with Gasteiger partial charge in [-0.15, -0.1) is 0 Å².